The maximum Gasteiger partial charge on any atom is 0.255 e. The van der Waals surface area contributed by atoms with Crippen LogP contribution in [0.15, 0.2) is 70.7 Å². The Balaban J connectivity index is 1.88. The van der Waals surface area contributed by atoms with E-state index < -0.39 is 15.9 Å². The molecule has 0 saturated carbocycles. The van der Waals surface area contributed by atoms with Gasteiger partial charge in [-0.15, -0.1) is 0 Å². The molecule has 0 spiro atoms. The monoisotopic (exact) mass is 493 g/mol. The van der Waals surface area contributed by atoms with Crippen LogP contribution in [0.4, 0.5) is 0 Å². The van der Waals surface area contributed by atoms with Crippen molar-refractivity contribution in [3.05, 3.63) is 94.0 Å². The summed E-state index contributed by atoms with van der Waals surface area (Å²) in [5.74, 6) is 0.0636. The molecule has 1 N–H and O–H groups in total. The van der Waals surface area contributed by atoms with E-state index in [1.165, 1.54) is 10.5 Å². The van der Waals surface area contributed by atoms with Gasteiger partial charge >= 0.3 is 0 Å². The van der Waals surface area contributed by atoms with E-state index in [9.17, 15) is 13.2 Å². The molecule has 3 aromatic carbocycles. The minimum Gasteiger partial charge on any atom is -0.496 e. The highest BCUT2D eigenvalue weighted by atomic mass is 32.2. The van der Waals surface area contributed by atoms with Crippen LogP contribution < -0.4 is 10.2 Å². The van der Waals surface area contributed by atoms with Crippen molar-refractivity contribution in [2.24, 2.45) is 5.10 Å². The van der Waals surface area contributed by atoms with E-state index in [0.29, 0.717) is 22.4 Å². The highest BCUT2D eigenvalue weighted by Gasteiger charge is 2.30. The minimum absolute atomic E-state index is 0.0546. The molecule has 1 amide bonds. The molecule has 7 nitrogen and oxygen atoms in total. The zero-order valence-corrected chi connectivity index (χ0v) is 21.5. The number of nitrogens with one attached hydrogen (secondary N) is 1. The van der Waals surface area contributed by atoms with Crippen molar-refractivity contribution in [1.82, 2.24) is 9.73 Å². The third-order valence-corrected chi connectivity index (χ3v) is 7.63. The van der Waals surface area contributed by atoms with Gasteiger partial charge in [-0.2, -0.15) is 9.41 Å². The standard InChI is InChI=1S/C27H31N3O4S/c1-19-10-12-23(13-11-19)17-30(35(32,33)27-21(3)14-20(2)15-22(27)4)18-26(31)29-28-16-24-8-6-7-9-25(24)34-5/h6-16H,17-18H2,1-5H3,(H,29,31). The number of hydrogen-bond acceptors (Lipinski definition) is 5. The van der Waals surface area contributed by atoms with Crippen LogP contribution in [-0.2, 0) is 21.4 Å². The zero-order chi connectivity index (χ0) is 25.6. The summed E-state index contributed by atoms with van der Waals surface area (Å²) in [7, 11) is -2.42. The van der Waals surface area contributed by atoms with Crippen LogP contribution in [0.2, 0.25) is 0 Å². The normalized spacial score (nSPS) is 11.7. The van der Waals surface area contributed by atoms with Crippen molar-refractivity contribution in [1.29, 1.82) is 0 Å². The number of sulfonamides is 1. The summed E-state index contributed by atoms with van der Waals surface area (Å²) in [6.07, 6.45) is 1.46. The van der Waals surface area contributed by atoms with Crippen molar-refractivity contribution in [2.45, 2.75) is 39.1 Å². The van der Waals surface area contributed by atoms with Crippen LogP contribution in [0.3, 0.4) is 0 Å². The lowest BCUT2D eigenvalue weighted by Gasteiger charge is -2.24. The van der Waals surface area contributed by atoms with Gasteiger partial charge in [-0.05, 0) is 56.5 Å². The van der Waals surface area contributed by atoms with Crippen molar-refractivity contribution in [3.63, 3.8) is 0 Å². The van der Waals surface area contributed by atoms with E-state index in [0.717, 1.165) is 16.7 Å². The molecule has 3 rings (SSSR count). The number of nitrogens with zero attached hydrogens (tertiary/aromatic N) is 2. The quantitative estimate of drug-likeness (QED) is 0.356. The Labute approximate surface area is 207 Å². The number of benzene rings is 3. The van der Waals surface area contributed by atoms with E-state index in [1.54, 1.807) is 33.1 Å². The Hall–Kier alpha value is -3.49. The second kappa shape index (κ2) is 11.3. The average molecular weight is 494 g/mol. The van der Waals surface area contributed by atoms with Gasteiger partial charge in [-0.3, -0.25) is 4.79 Å². The second-order valence-electron chi connectivity index (χ2n) is 8.52. The van der Waals surface area contributed by atoms with Crippen molar-refractivity contribution < 1.29 is 17.9 Å². The topological polar surface area (TPSA) is 88.1 Å². The molecule has 3 aromatic rings. The molecule has 35 heavy (non-hydrogen) atoms. The number of rotatable bonds is 9. The first kappa shape index (κ1) is 26.1. The Bertz CT molecular complexity index is 1310. The molecular formula is C27H31N3O4S. The van der Waals surface area contributed by atoms with Gasteiger partial charge in [-0.25, -0.2) is 13.8 Å². The van der Waals surface area contributed by atoms with Gasteiger partial charge in [0.1, 0.15) is 5.75 Å². The Kier molecular flexibility index (Phi) is 8.43. The molecule has 0 aromatic heterocycles. The molecular weight excluding hydrogens is 462 g/mol. The molecule has 0 unspecified atom stereocenters. The molecule has 0 atom stereocenters. The second-order valence-corrected chi connectivity index (χ2v) is 10.4. The SMILES string of the molecule is COc1ccccc1C=NNC(=O)CN(Cc1ccc(C)cc1)S(=O)(=O)c1c(C)cc(C)cc1C. The number of hydrogen-bond donors (Lipinski definition) is 1. The van der Waals surface area contributed by atoms with Gasteiger partial charge < -0.3 is 4.74 Å². The lowest BCUT2D eigenvalue weighted by Crippen LogP contribution is -2.39. The highest BCUT2D eigenvalue weighted by Crippen LogP contribution is 2.26. The third kappa shape index (κ3) is 6.55. The number of ether oxygens (including phenoxy) is 1. The maximum absolute atomic E-state index is 13.8. The van der Waals surface area contributed by atoms with E-state index >= 15 is 0 Å². The van der Waals surface area contributed by atoms with Crippen LogP contribution in [0.1, 0.15) is 33.4 Å². The van der Waals surface area contributed by atoms with Crippen LogP contribution in [0.5, 0.6) is 5.75 Å². The Morgan fingerprint density at radius 1 is 0.971 bits per heavy atom. The van der Waals surface area contributed by atoms with E-state index in [4.69, 9.17) is 4.74 Å². The molecule has 8 heteroatoms. The lowest BCUT2D eigenvalue weighted by molar-refractivity contribution is -0.121. The molecule has 0 fully saturated rings. The lowest BCUT2D eigenvalue weighted by atomic mass is 10.1. The molecule has 184 valence electrons. The highest BCUT2D eigenvalue weighted by molar-refractivity contribution is 7.89. The average Bonchev–Trinajstić information content (AvgIpc) is 2.79. The van der Waals surface area contributed by atoms with Gasteiger partial charge in [0, 0.05) is 12.1 Å². The Morgan fingerprint density at radius 3 is 2.23 bits per heavy atom. The fourth-order valence-corrected chi connectivity index (χ4v) is 5.76. The summed E-state index contributed by atoms with van der Waals surface area (Å²) in [4.78, 5) is 13.0. The summed E-state index contributed by atoms with van der Waals surface area (Å²) in [6, 6.07) is 18.5. The summed E-state index contributed by atoms with van der Waals surface area (Å²) >= 11 is 0. The number of carbonyl (C=O) groups is 1. The number of carbonyl (C=O) groups excluding carboxylic acids is 1. The molecule has 0 bridgehead atoms. The van der Waals surface area contributed by atoms with Crippen molar-refractivity contribution in [2.75, 3.05) is 13.7 Å². The van der Waals surface area contributed by atoms with E-state index in [-0.39, 0.29) is 18.0 Å². The molecule has 0 aliphatic carbocycles. The molecule has 0 heterocycles. The summed E-state index contributed by atoms with van der Waals surface area (Å²) in [6.45, 7) is 7.10. The molecule has 0 saturated heterocycles. The maximum atomic E-state index is 13.8. The predicted octanol–water partition coefficient (Wildman–Crippen LogP) is 4.27. The van der Waals surface area contributed by atoms with Crippen LogP contribution >= 0.6 is 0 Å². The van der Waals surface area contributed by atoms with Crippen LogP contribution in [0.25, 0.3) is 0 Å². The summed E-state index contributed by atoms with van der Waals surface area (Å²) in [5.41, 5.74) is 7.24. The van der Waals surface area contributed by atoms with Gasteiger partial charge in [0.2, 0.25) is 10.0 Å². The molecule has 0 aliphatic heterocycles. The third-order valence-electron chi connectivity index (χ3n) is 5.53. The van der Waals surface area contributed by atoms with Gasteiger partial charge in [0.05, 0.1) is 24.8 Å². The van der Waals surface area contributed by atoms with Gasteiger partial charge in [0.15, 0.2) is 0 Å². The Morgan fingerprint density at radius 2 is 1.60 bits per heavy atom. The van der Waals surface area contributed by atoms with Crippen molar-refractivity contribution in [3.8, 4) is 5.75 Å². The number of amides is 1. The molecule has 0 aliphatic rings. The van der Waals surface area contributed by atoms with Crippen molar-refractivity contribution >= 4 is 22.1 Å². The van der Waals surface area contributed by atoms with E-state index in [1.807, 2.05) is 62.4 Å². The number of para-hydroxylation sites is 1. The fraction of sp³-hybridized carbons (Fsp3) is 0.259. The first-order valence-electron chi connectivity index (χ1n) is 11.2. The largest absolute Gasteiger partial charge is 0.496 e. The predicted molar refractivity (Wildman–Crippen MR) is 138 cm³/mol. The van der Waals surface area contributed by atoms with E-state index in [2.05, 4.69) is 10.5 Å². The summed E-state index contributed by atoms with van der Waals surface area (Å²) < 4.78 is 34.0. The first-order chi connectivity index (χ1) is 16.6. The van der Waals surface area contributed by atoms with Gasteiger partial charge in [-0.1, -0.05) is 59.7 Å². The van der Waals surface area contributed by atoms with Gasteiger partial charge in [0.25, 0.3) is 5.91 Å². The zero-order valence-electron chi connectivity index (χ0n) is 20.7. The van der Waals surface area contributed by atoms with Crippen LogP contribution in [-0.4, -0.2) is 38.5 Å². The number of hydrazone groups is 1. The summed E-state index contributed by atoms with van der Waals surface area (Å²) in [5, 5.41) is 4.00. The first-order valence-corrected chi connectivity index (χ1v) is 12.6. The smallest absolute Gasteiger partial charge is 0.255 e. The van der Waals surface area contributed by atoms with Crippen LogP contribution in [0, 0.1) is 27.7 Å². The number of methoxy groups -OCH3 is 1. The number of aryl methyl sites for hydroxylation is 4. The molecule has 0 radical (unpaired) electrons. The fourth-order valence-electron chi connectivity index (χ4n) is 3.97. The minimum atomic E-state index is -3.97.